The Morgan fingerprint density at radius 3 is 1.43 bits per heavy atom. The molecule has 0 saturated heterocycles. The van der Waals surface area contributed by atoms with Gasteiger partial charge in [0, 0.05) is 16.6 Å². The van der Waals surface area contributed by atoms with E-state index in [9.17, 15) is 0 Å². The molecule has 9 aromatic carbocycles. The third-order valence-corrected chi connectivity index (χ3v) is 12.2. The van der Waals surface area contributed by atoms with Crippen molar-refractivity contribution in [2.24, 2.45) is 0 Å². The van der Waals surface area contributed by atoms with Crippen LogP contribution in [-0.2, 0) is 5.41 Å². The lowest BCUT2D eigenvalue weighted by atomic mass is 9.70. The highest BCUT2D eigenvalue weighted by molar-refractivity contribution is 6.19. The molecule has 9 aromatic rings. The van der Waals surface area contributed by atoms with E-state index in [1.54, 1.807) is 0 Å². The number of hydrogen-bond acceptors (Lipinski definition) is 1. The Morgan fingerprint density at radius 2 is 0.778 bits per heavy atom. The van der Waals surface area contributed by atoms with Crippen LogP contribution >= 0.6 is 0 Å². The van der Waals surface area contributed by atoms with E-state index in [0.29, 0.717) is 0 Å². The number of anilines is 3. The van der Waals surface area contributed by atoms with Crippen LogP contribution in [0.5, 0.6) is 0 Å². The van der Waals surface area contributed by atoms with Gasteiger partial charge < -0.3 is 4.90 Å². The first-order valence-electron chi connectivity index (χ1n) is 18.9. The molecular formula is C53H33N. The van der Waals surface area contributed by atoms with Gasteiger partial charge in [0.2, 0.25) is 0 Å². The second-order valence-corrected chi connectivity index (χ2v) is 14.7. The van der Waals surface area contributed by atoms with E-state index < -0.39 is 5.41 Å². The third kappa shape index (κ3) is 3.78. The molecule has 1 spiro atoms. The van der Waals surface area contributed by atoms with E-state index >= 15 is 0 Å². The fraction of sp³-hybridized carbons (Fsp3) is 0.0189. The first-order chi connectivity index (χ1) is 26.8. The number of benzene rings is 9. The van der Waals surface area contributed by atoms with Gasteiger partial charge >= 0.3 is 0 Å². The maximum Gasteiger partial charge on any atom is 0.0726 e. The Hall–Kier alpha value is -6.96. The van der Waals surface area contributed by atoms with Gasteiger partial charge in [-0.05, 0) is 102 Å². The van der Waals surface area contributed by atoms with E-state index in [4.69, 9.17) is 0 Å². The molecule has 12 rings (SSSR count). The third-order valence-electron chi connectivity index (χ3n) is 12.2. The van der Waals surface area contributed by atoms with Gasteiger partial charge in [0.15, 0.2) is 0 Å². The molecule has 1 heteroatoms. The lowest BCUT2D eigenvalue weighted by Crippen LogP contribution is -2.26. The molecule has 0 fully saturated rings. The first kappa shape index (κ1) is 29.6. The van der Waals surface area contributed by atoms with Crippen LogP contribution in [0.4, 0.5) is 17.1 Å². The van der Waals surface area contributed by atoms with Crippen LogP contribution in [-0.4, -0.2) is 0 Å². The van der Waals surface area contributed by atoms with Gasteiger partial charge in [-0.3, -0.25) is 0 Å². The summed E-state index contributed by atoms with van der Waals surface area (Å²) >= 11 is 0. The predicted molar refractivity (Wildman–Crippen MR) is 225 cm³/mol. The molecule has 0 amide bonds. The van der Waals surface area contributed by atoms with Crippen molar-refractivity contribution in [2.45, 2.75) is 5.41 Å². The molecule has 0 aromatic heterocycles. The molecule has 0 bridgehead atoms. The number of para-hydroxylation sites is 1. The van der Waals surface area contributed by atoms with Gasteiger partial charge in [-0.15, -0.1) is 0 Å². The molecule has 0 aliphatic heterocycles. The lowest BCUT2D eigenvalue weighted by molar-refractivity contribution is 0.793. The highest BCUT2D eigenvalue weighted by Gasteiger charge is 2.51. The van der Waals surface area contributed by atoms with Gasteiger partial charge in [0.05, 0.1) is 16.8 Å². The number of nitrogens with zero attached hydrogens (tertiary/aromatic N) is 1. The zero-order valence-electron chi connectivity index (χ0n) is 29.5. The average molecular weight is 684 g/mol. The maximum absolute atomic E-state index is 2.53. The highest BCUT2D eigenvalue weighted by atomic mass is 15.1. The Kier molecular flexibility index (Phi) is 6.04. The van der Waals surface area contributed by atoms with E-state index in [1.807, 2.05) is 0 Å². The fourth-order valence-electron chi connectivity index (χ4n) is 10.1. The first-order valence-corrected chi connectivity index (χ1v) is 18.9. The van der Waals surface area contributed by atoms with Crippen LogP contribution in [0, 0.1) is 0 Å². The van der Waals surface area contributed by atoms with E-state index in [1.165, 1.54) is 94.3 Å². The smallest absolute Gasteiger partial charge is 0.0726 e. The van der Waals surface area contributed by atoms with Crippen molar-refractivity contribution in [1.82, 2.24) is 0 Å². The summed E-state index contributed by atoms with van der Waals surface area (Å²) in [5, 5.41) is 2.57. The number of hydrogen-bond donors (Lipinski definition) is 0. The summed E-state index contributed by atoms with van der Waals surface area (Å²) in [4.78, 5) is 2.53. The van der Waals surface area contributed by atoms with Crippen LogP contribution in [0.2, 0.25) is 0 Å². The SMILES string of the molecule is c1ccc(-c2ccccc2N(c2ccc3c(c2)C2(c4ccccc4-c4ccccc42)c2ccccc2-3)c2ccc3c4c(cccc24)-c2ccccc2-3)cc1. The molecule has 0 saturated carbocycles. The molecule has 0 radical (unpaired) electrons. The van der Waals surface area contributed by atoms with Crippen molar-refractivity contribution in [1.29, 1.82) is 0 Å². The van der Waals surface area contributed by atoms with E-state index in [-0.39, 0.29) is 0 Å². The van der Waals surface area contributed by atoms with Crippen LogP contribution in [0.15, 0.2) is 200 Å². The van der Waals surface area contributed by atoms with Gasteiger partial charge in [0.25, 0.3) is 0 Å². The van der Waals surface area contributed by atoms with Crippen molar-refractivity contribution < 1.29 is 0 Å². The number of rotatable bonds is 4. The quantitative estimate of drug-likeness (QED) is 0.178. The second kappa shape index (κ2) is 11.0. The van der Waals surface area contributed by atoms with Gasteiger partial charge in [-0.2, -0.15) is 0 Å². The molecule has 3 aliphatic carbocycles. The average Bonchev–Trinajstić information content (AvgIpc) is 3.85. The Bertz CT molecular complexity index is 2910. The minimum Gasteiger partial charge on any atom is -0.309 e. The minimum absolute atomic E-state index is 0.427. The van der Waals surface area contributed by atoms with Gasteiger partial charge in [-0.1, -0.05) is 176 Å². The summed E-state index contributed by atoms with van der Waals surface area (Å²) in [6.45, 7) is 0. The molecule has 54 heavy (non-hydrogen) atoms. The monoisotopic (exact) mass is 683 g/mol. The van der Waals surface area contributed by atoms with Crippen LogP contribution in [0.25, 0.3) is 66.4 Å². The molecule has 0 unspecified atom stereocenters. The molecule has 1 nitrogen and oxygen atoms in total. The Morgan fingerprint density at radius 1 is 0.296 bits per heavy atom. The molecule has 0 atom stereocenters. The maximum atomic E-state index is 2.53. The zero-order chi connectivity index (χ0) is 35.4. The summed E-state index contributed by atoms with van der Waals surface area (Å²) in [6, 6.07) is 74.5. The molecule has 0 heterocycles. The Labute approximate surface area is 315 Å². The van der Waals surface area contributed by atoms with Gasteiger partial charge in [0.1, 0.15) is 0 Å². The molecule has 250 valence electrons. The summed E-state index contributed by atoms with van der Waals surface area (Å²) < 4.78 is 0. The normalized spacial score (nSPS) is 13.3. The minimum atomic E-state index is -0.427. The Balaban J connectivity index is 1.17. The lowest BCUT2D eigenvalue weighted by Gasteiger charge is -2.33. The topological polar surface area (TPSA) is 3.24 Å². The van der Waals surface area contributed by atoms with Crippen molar-refractivity contribution in [3.8, 4) is 55.6 Å². The zero-order valence-corrected chi connectivity index (χ0v) is 29.5. The standard InChI is InChI=1S/C53H33N/c1-2-15-34(16-3-1)36-17-9-13-28-50(36)54(51-32-31-44-38-19-5-4-18-37(38)43-23-14-24-45(51)52(43)44)35-29-30-42-41-22-8-12-27-48(41)53(49(42)33-35)46-25-10-6-20-39(46)40-21-7-11-26-47(40)53/h1-33H. The van der Waals surface area contributed by atoms with Gasteiger partial charge in [-0.25, -0.2) is 0 Å². The highest BCUT2D eigenvalue weighted by Crippen LogP contribution is 2.63. The molecule has 3 aliphatic rings. The molecular weight excluding hydrogens is 651 g/mol. The van der Waals surface area contributed by atoms with E-state index in [2.05, 4.69) is 205 Å². The van der Waals surface area contributed by atoms with Crippen molar-refractivity contribution >= 4 is 27.8 Å². The van der Waals surface area contributed by atoms with Crippen LogP contribution in [0.3, 0.4) is 0 Å². The summed E-state index contributed by atoms with van der Waals surface area (Å²) in [7, 11) is 0. The number of fused-ring (bicyclic) bond motifs is 13. The van der Waals surface area contributed by atoms with Crippen molar-refractivity contribution in [2.75, 3.05) is 4.90 Å². The van der Waals surface area contributed by atoms with Crippen molar-refractivity contribution in [3.63, 3.8) is 0 Å². The fourth-order valence-corrected chi connectivity index (χ4v) is 10.1. The van der Waals surface area contributed by atoms with Crippen LogP contribution in [0.1, 0.15) is 22.3 Å². The summed E-state index contributed by atoms with van der Waals surface area (Å²) in [5.41, 5.74) is 21.3. The van der Waals surface area contributed by atoms with Crippen LogP contribution < -0.4 is 4.90 Å². The second-order valence-electron chi connectivity index (χ2n) is 14.7. The van der Waals surface area contributed by atoms with E-state index in [0.717, 1.165) is 11.4 Å². The largest absolute Gasteiger partial charge is 0.309 e. The summed E-state index contributed by atoms with van der Waals surface area (Å²) in [5.74, 6) is 0. The summed E-state index contributed by atoms with van der Waals surface area (Å²) in [6.07, 6.45) is 0. The van der Waals surface area contributed by atoms with Crippen molar-refractivity contribution in [3.05, 3.63) is 222 Å². The molecule has 0 N–H and O–H groups in total. The predicted octanol–water partition coefficient (Wildman–Crippen LogP) is 14.0.